The van der Waals surface area contributed by atoms with Gasteiger partial charge in [-0.3, -0.25) is 0 Å². The van der Waals surface area contributed by atoms with Crippen molar-refractivity contribution in [3.63, 3.8) is 0 Å². The average molecular weight is 357 g/mol. The lowest BCUT2D eigenvalue weighted by Crippen LogP contribution is -2.66. The van der Waals surface area contributed by atoms with Gasteiger partial charge in [0.05, 0.1) is 12.7 Å². The topological polar surface area (TPSA) is 27.7 Å². The molecule has 2 aromatic carbocycles. The number of rotatable bonds is 6. The summed E-state index contributed by atoms with van der Waals surface area (Å²) in [5.41, 5.74) is 0. The van der Waals surface area contributed by atoms with Crippen LogP contribution < -0.4 is 10.4 Å². The van der Waals surface area contributed by atoms with Crippen molar-refractivity contribution in [2.75, 3.05) is 13.2 Å². The highest BCUT2D eigenvalue weighted by Crippen LogP contribution is 2.36. The first kappa shape index (κ1) is 18.3. The van der Waals surface area contributed by atoms with Crippen molar-refractivity contribution in [3.8, 4) is 0 Å². The van der Waals surface area contributed by atoms with E-state index in [0.29, 0.717) is 13.2 Å². The van der Waals surface area contributed by atoms with Gasteiger partial charge >= 0.3 is 0 Å². The van der Waals surface area contributed by atoms with E-state index >= 15 is 0 Å². The van der Waals surface area contributed by atoms with Crippen LogP contribution in [0.4, 0.5) is 0 Å². The molecule has 0 radical (unpaired) electrons. The fourth-order valence-corrected chi connectivity index (χ4v) is 8.25. The Morgan fingerprint density at radius 2 is 1.52 bits per heavy atom. The summed E-state index contributed by atoms with van der Waals surface area (Å²) in [6, 6.07) is 21.5. The SMILES string of the molecule is CC(C)(C)[Si](OCCC1CCOO1)(c1ccccc1)c1ccccc1. The molecular weight excluding hydrogens is 328 g/mol. The van der Waals surface area contributed by atoms with Crippen molar-refractivity contribution < 1.29 is 14.2 Å². The molecule has 1 aliphatic rings. The maximum absolute atomic E-state index is 6.83. The predicted octanol–water partition coefficient (Wildman–Crippen LogP) is 3.67. The molecule has 1 saturated heterocycles. The van der Waals surface area contributed by atoms with E-state index in [1.54, 1.807) is 0 Å². The fraction of sp³-hybridized carbons (Fsp3) is 0.429. The van der Waals surface area contributed by atoms with Gasteiger partial charge in [-0.2, -0.15) is 0 Å². The molecule has 1 fully saturated rings. The normalized spacial score (nSPS) is 18.4. The smallest absolute Gasteiger partial charge is 0.261 e. The van der Waals surface area contributed by atoms with Gasteiger partial charge in [-0.15, -0.1) is 0 Å². The van der Waals surface area contributed by atoms with Crippen LogP contribution in [0.3, 0.4) is 0 Å². The van der Waals surface area contributed by atoms with Crippen molar-refractivity contribution in [1.29, 1.82) is 0 Å². The first-order valence-electron chi connectivity index (χ1n) is 9.07. The molecule has 0 saturated carbocycles. The summed E-state index contributed by atoms with van der Waals surface area (Å²) in [4.78, 5) is 10.3. The quantitative estimate of drug-likeness (QED) is 0.584. The van der Waals surface area contributed by atoms with Crippen molar-refractivity contribution in [2.45, 2.75) is 44.8 Å². The van der Waals surface area contributed by atoms with Crippen molar-refractivity contribution in [1.82, 2.24) is 0 Å². The highest BCUT2D eigenvalue weighted by Gasteiger charge is 2.50. The lowest BCUT2D eigenvalue weighted by molar-refractivity contribution is -0.275. The molecule has 3 nitrogen and oxygen atoms in total. The van der Waals surface area contributed by atoms with Crippen LogP contribution in [-0.2, 0) is 14.2 Å². The summed E-state index contributed by atoms with van der Waals surface area (Å²) in [6.07, 6.45) is 1.97. The molecule has 1 atom stereocenters. The zero-order chi connectivity index (χ0) is 17.8. The second-order valence-electron chi connectivity index (χ2n) is 7.63. The maximum Gasteiger partial charge on any atom is 0.261 e. The molecule has 25 heavy (non-hydrogen) atoms. The highest BCUT2D eigenvalue weighted by molar-refractivity contribution is 6.99. The molecular formula is C21H28O3Si. The van der Waals surface area contributed by atoms with Gasteiger partial charge in [-0.1, -0.05) is 81.4 Å². The van der Waals surface area contributed by atoms with Crippen LogP contribution in [0.2, 0.25) is 5.04 Å². The molecule has 4 heteroatoms. The molecule has 3 rings (SSSR count). The van der Waals surface area contributed by atoms with Gasteiger partial charge in [0, 0.05) is 13.0 Å². The van der Waals surface area contributed by atoms with Crippen molar-refractivity contribution in [2.24, 2.45) is 0 Å². The van der Waals surface area contributed by atoms with Crippen LogP contribution in [0.25, 0.3) is 0 Å². The van der Waals surface area contributed by atoms with E-state index in [-0.39, 0.29) is 11.1 Å². The van der Waals surface area contributed by atoms with Gasteiger partial charge in [0.15, 0.2) is 0 Å². The Bertz CT molecular complexity index is 606. The maximum atomic E-state index is 6.83. The molecule has 0 aromatic heterocycles. The summed E-state index contributed by atoms with van der Waals surface area (Å²) in [5.74, 6) is 0. The molecule has 1 aliphatic heterocycles. The molecule has 1 heterocycles. The molecule has 0 bridgehead atoms. The molecule has 1 unspecified atom stereocenters. The Morgan fingerprint density at radius 3 is 1.96 bits per heavy atom. The van der Waals surface area contributed by atoms with E-state index in [1.165, 1.54) is 10.4 Å². The minimum atomic E-state index is -2.42. The summed E-state index contributed by atoms with van der Waals surface area (Å²) in [7, 11) is -2.42. The van der Waals surface area contributed by atoms with Crippen LogP contribution in [0, 0.1) is 0 Å². The van der Waals surface area contributed by atoms with Gasteiger partial charge in [-0.25, -0.2) is 9.78 Å². The third kappa shape index (κ3) is 3.87. The second-order valence-corrected chi connectivity index (χ2v) is 11.9. The van der Waals surface area contributed by atoms with Gasteiger partial charge in [0.25, 0.3) is 8.32 Å². The molecule has 0 aliphatic carbocycles. The third-order valence-corrected chi connectivity index (χ3v) is 9.94. The second kappa shape index (κ2) is 7.83. The summed E-state index contributed by atoms with van der Waals surface area (Å²) in [6.45, 7) is 8.27. The van der Waals surface area contributed by atoms with E-state index in [4.69, 9.17) is 14.2 Å². The van der Waals surface area contributed by atoms with Crippen LogP contribution in [0.5, 0.6) is 0 Å². The largest absolute Gasteiger partial charge is 0.407 e. The first-order valence-corrected chi connectivity index (χ1v) is 11.0. The monoisotopic (exact) mass is 356 g/mol. The predicted molar refractivity (Wildman–Crippen MR) is 104 cm³/mol. The van der Waals surface area contributed by atoms with E-state index in [2.05, 4.69) is 81.4 Å². The highest BCUT2D eigenvalue weighted by atomic mass is 28.4. The van der Waals surface area contributed by atoms with E-state index in [0.717, 1.165) is 12.8 Å². The van der Waals surface area contributed by atoms with Gasteiger partial charge in [-0.05, 0) is 21.8 Å². The minimum Gasteiger partial charge on any atom is -0.407 e. The lowest BCUT2D eigenvalue weighted by atomic mass is 10.2. The van der Waals surface area contributed by atoms with Crippen molar-refractivity contribution in [3.05, 3.63) is 60.7 Å². The Morgan fingerprint density at radius 1 is 0.960 bits per heavy atom. The van der Waals surface area contributed by atoms with Crippen molar-refractivity contribution >= 4 is 18.7 Å². The molecule has 0 spiro atoms. The Labute approximate surface area is 152 Å². The Kier molecular flexibility index (Phi) is 5.74. The zero-order valence-electron chi connectivity index (χ0n) is 15.4. The molecule has 0 N–H and O–H groups in total. The number of benzene rings is 2. The molecule has 0 amide bonds. The average Bonchev–Trinajstić information content (AvgIpc) is 3.13. The van der Waals surface area contributed by atoms with E-state index in [9.17, 15) is 0 Å². The van der Waals surface area contributed by atoms with E-state index in [1.807, 2.05) is 0 Å². The molecule has 2 aromatic rings. The van der Waals surface area contributed by atoms with E-state index < -0.39 is 8.32 Å². The lowest BCUT2D eigenvalue weighted by Gasteiger charge is -2.43. The summed E-state index contributed by atoms with van der Waals surface area (Å²) in [5, 5.41) is 2.65. The number of hydrogen-bond acceptors (Lipinski definition) is 3. The van der Waals surface area contributed by atoms with Gasteiger partial charge < -0.3 is 4.43 Å². The summed E-state index contributed by atoms with van der Waals surface area (Å²) < 4.78 is 6.83. The van der Waals surface area contributed by atoms with Crippen LogP contribution in [-0.4, -0.2) is 27.6 Å². The summed E-state index contributed by atoms with van der Waals surface area (Å²) >= 11 is 0. The number of hydrogen-bond donors (Lipinski definition) is 0. The van der Waals surface area contributed by atoms with Crippen LogP contribution in [0.1, 0.15) is 33.6 Å². The fourth-order valence-electron chi connectivity index (χ4n) is 3.67. The standard InChI is InChI=1S/C21H28O3Si/c1-21(2,3)25(19-10-6-4-7-11-19,20-12-8-5-9-13-20)23-17-15-18-14-16-22-24-18/h4-13,18H,14-17H2,1-3H3. The molecule has 134 valence electrons. The van der Waals surface area contributed by atoms with Crippen LogP contribution >= 0.6 is 0 Å². The van der Waals surface area contributed by atoms with Crippen LogP contribution in [0.15, 0.2) is 60.7 Å². The van der Waals surface area contributed by atoms with Gasteiger partial charge in [0.1, 0.15) is 0 Å². The minimum absolute atomic E-state index is 0.0166. The Hall–Kier alpha value is -1.46. The third-order valence-electron chi connectivity index (χ3n) is 4.90. The first-order chi connectivity index (χ1) is 12.0. The zero-order valence-corrected chi connectivity index (χ0v) is 16.4. The Balaban J connectivity index is 1.96. The van der Waals surface area contributed by atoms with Gasteiger partial charge in [0.2, 0.25) is 0 Å².